The van der Waals surface area contributed by atoms with Gasteiger partial charge in [0.2, 0.25) is 0 Å². The number of benzene rings is 6. The van der Waals surface area contributed by atoms with Gasteiger partial charge in [-0.15, -0.1) is 0 Å². The molecular weight excluding hydrogens is 880 g/mol. The zero-order chi connectivity index (χ0) is 39.3. The van der Waals surface area contributed by atoms with Crippen molar-refractivity contribution < 1.29 is 24.1 Å². The van der Waals surface area contributed by atoms with E-state index in [2.05, 4.69) is 220 Å². The molecule has 0 aliphatic carbocycles. The zero-order valence-corrected chi connectivity index (χ0v) is 35.3. The topological polar surface area (TPSA) is 35.2 Å². The van der Waals surface area contributed by atoms with Gasteiger partial charge in [0.1, 0.15) is 0 Å². The Hall–Kier alpha value is -5.77. The van der Waals surface area contributed by atoms with E-state index in [4.69, 9.17) is 9.72 Å². The van der Waals surface area contributed by atoms with Crippen LogP contribution in [0, 0.1) is 9.22 Å². The van der Waals surface area contributed by atoms with Gasteiger partial charge < -0.3 is 0 Å². The van der Waals surface area contributed by atoms with E-state index in [1.165, 1.54) is 33.4 Å². The molecule has 1 aliphatic rings. The molecule has 8 aromatic rings. The van der Waals surface area contributed by atoms with Crippen LogP contribution in [0.2, 0.25) is 0 Å². The van der Waals surface area contributed by atoms with Crippen LogP contribution in [-0.4, -0.2) is 20.7 Å². The second-order valence-electron chi connectivity index (χ2n) is 16.8. The Morgan fingerprint density at radius 2 is 1.25 bits per heavy atom. The molecule has 0 radical (unpaired) electrons. The van der Waals surface area contributed by atoms with Gasteiger partial charge in [-0.3, -0.25) is 0 Å². The van der Waals surface area contributed by atoms with Gasteiger partial charge in [0.05, 0.1) is 0 Å². The predicted molar refractivity (Wildman–Crippen MR) is 231 cm³/mol. The molecular formula is C51H46N4OPt. The third-order valence-corrected chi connectivity index (χ3v) is 12.0. The standard InChI is InChI=1S/C51H46N4O.Pt/c1-50(2,3)39-28-29-52-48(30-39)53-34-51(4,5)33-38-26-27-42(32-47(38)53)56-41-21-14-20-40(31-41)54-35-55(46-25-13-12-24-45(46)54)49-43(36-16-8-6-9-17-36)22-15-23-44(49)37-18-10-7-11-19-37;/h6-32H,33-34H2,1-5H3;. The van der Waals surface area contributed by atoms with Gasteiger partial charge in [0.25, 0.3) is 0 Å². The summed E-state index contributed by atoms with van der Waals surface area (Å²) in [6.45, 7) is 12.3. The van der Waals surface area contributed by atoms with Crippen LogP contribution >= 0.6 is 0 Å². The summed E-state index contributed by atoms with van der Waals surface area (Å²) in [6, 6.07) is 56.1. The first-order valence-corrected chi connectivity index (χ1v) is 20.8. The van der Waals surface area contributed by atoms with Crippen LogP contribution in [0.4, 0.5) is 11.5 Å². The number of nitrogens with zero attached hydrogens (tertiary/aromatic N) is 4. The Kier molecular flexibility index (Phi) is 9.45. The second-order valence-corrected chi connectivity index (χ2v) is 17.8. The average molecular weight is 926 g/mol. The summed E-state index contributed by atoms with van der Waals surface area (Å²) in [4.78, 5) is 7.26. The van der Waals surface area contributed by atoms with Gasteiger partial charge in [-0.2, -0.15) is 0 Å². The van der Waals surface area contributed by atoms with E-state index in [-0.39, 0.29) is 10.8 Å². The van der Waals surface area contributed by atoms with Crippen molar-refractivity contribution >= 4 is 22.5 Å². The number of hydrogen-bond acceptors (Lipinski definition) is 3. The summed E-state index contributed by atoms with van der Waals surface area (Å²) < 4.78 is 12.6. The van der Waals surface area contributed by atoms with Gasteiger partial charge in [-0.25, -0.2) is 0 Å². The number of hydrogen-bond donors (Lipinski definition) is 0. The summed E-state index contributed by atoms with van der Waals surface area (Å²) in [5.74, 6) is 2.55. The maximum atomic E-state index is 6.75. The molecule has 0 N–H and O–H groups in total. The van der Waals surface area contributed by atoms with Gasteiger partial charge in [-0.05, 0) is 17.0 Å². The first-order valence-electron chi connectivity index (χ1n) is 19.6. The van der Waals surface area contributed by atoms with Crippen LogP contribution in [0.3, 0.4) is 0 Å². The Bertz CT molecular complexity index is 2750. The molecule has 0 saturated heterocycles. The molecule has 0 spiro atoms. The molecule has 2 aromatic heterocycles. The van der Waals surface area contributed by atoms with E-state index in [1.54, 1.807) is 0 Å². The molecule has 6 aromatic carbocycles. The molecule has 0 fully saturated rings. The second kappa shape index (κ2) is 14.6. The van der Waals surface area contributed by atoms with Gasteiger partial charge in [0, 0.05) is 6.20 Å². The van der Waals surface area contributed by atoms with E-state index < -0.39 is 0 Å². The molecule has 0 atom stereocenters. The fourth-order valence-electron chi connectivity index (χ4n) is 8.21. The Labute approximate surface area is 346 Å². The van der Waals surface area contributed by atoms with E-state index in [9.17, 15) is 0 Å². The Morgan fingerprint density at radius 1 is 0.632 bits per heavy atom. The average Bonchev–Trinajstić information content (AvgIpc) is 3.51. The summed E-state index contributed by atoms with van der Waals surface area (Å²) in [5.41, 5.74) is 12.9. The van der Waals surface area contributed by atoms with Crippen molar-refractivity contribution in [1.29, 1.82) is 0 Å². The van der Waals surface area contributed by atoms with Crippen LogP contribution in [0.1, 0.15) is 45.7 Å². The Balaban J connectivity index is 1.14. The SMILES string of the molecule is CC1(C)Cc2ccc(Oc3cccc(-n4[c](=[Pt])n(-c5c(-c6ccccc6)cccc5-c5ccccc5)c5ccccc54)c3)cc2N(c2cc(C(C)(C)C)ccn2)C1. The van der Waals surface area contributed by atoms with E-state index in [1.807, 2.05) is 12.3 Å². The van der Waals surface area contributed by atoms with Crippen LogP contribution in [0.25, 0.3) is 44.7 Å². The molecule has 286 valence electrons. The Morgan fingerprint density at radius 3 is 1.91 bits per heavy atom. The molecule has 5 nitrogen and oxygen atoms in total. The summed E-state index contributed by atoms with van der Waals surface area (Å²) in [6.07, 6.45) is 2.94. The number of para-hydroxylation sites is 3. The monoisotopic (exact) mass is 925 g/mol. The summed E-state index contributed by atoms with van der Waals surface area (Å²) in [7, 11) is 0. The van der Waals surface area contributed by atoms with Crippen LogP contribution in [0.15, 0.2) is 164 Å². The van der Waals surface area contributed by atoms with Gasteiger partial charge >= 0.3 is 290 Å². The van der Waals surface area contributed by atoms with Crippen LogP contribution in [0.5, 0.6) is 11.5 Å². The summed E-state index contributed by atoms with van der Waals surface area (Å²) >= 11 is 2.50. The van der Waals surface area contributed by atoms with Crippen molar-refractivity contribution in [2.75, 3.05) is 11.4 Å². The maximum absolute atomic E-state index is 6.75. The summed E-state index contributed by atoms with van der Waals surface area (Å²) in [5, 5.41) is 0. The zero-order valence-electron chi connectivity index (χ0n) is 33.0. The number of fused-ring (bicyclic) bond motifs is 2. The van der Waals surface area contributed by atoms with Crippen molar-refractivity contribution in [3.05, 3.63) is 179 Å². The third kappa shape index (κ3) is 7.11. The van der Waals surface area contributed by atoms with Crippen molar-refractivity contribution in [2.45, 2.75) is 46.5 Å². The van der Waals surface area contributed by atoms with Gasteiger partial charge in [0.15, 0.2) is 0 Å². The molecule has 0 unspecified atom stereocenters. The molecule has 0 bridgehead atoms. The first-order chi connectivity index (χ1) is 27.5. The van der Waals surface area contributed by atoms with Crippen LogP contribution < -0.4 is 9.64 Å². The molecule has 9 rings (SSSR count). The number of pyridine rings is 1. The first kappa shape index (κ1) is 36.8. The van der Waals surface area contributed by atoms with Crippen molar-refractivity contribution in [1.82, 2.24) is 14.1 Å². The minimum absolute atomic E-state index is 0.0272. The molecule has 0 amide bonds. The molecule has 6 heteroatoms. The van der Waals surface area contributed by atoms with E-state index in [0.717, 1.165) is 62.2 Å². The fraction of sp³-hybridized carbons (Fsp3) is 0.176. The van der Waals surface area contributed by atoms with Crippen molar-refractivity contribution in [3.8, 4) is 45.1 Å². The molecule has 3 heterocycles. The molecule has 57 heavy (non-hydrogen) atoms. The quantitative estimate of drug-likeness (QED) is 0.160. The van der Waals surface area contributed by atoms with Crippen molar-refractivity contribution in [3.63, 3.8) is 0 Å². The number of imidazole rings is 1. The van der Waals surface area contributed by atoms with E-state index >= 15 is 0 Å². The van der Waals surface area contributed by atoms with Crippen LogP contribution in [-0.2, 0) is 31.2 Å². The number of anilines is 2. The number of aromatic nitrogens is 3. The number of ether oxygens (including phenoxy) is 1. The third-order valence-electron chi connectivity index (χ3n) is 10.9. The minimum atomic E-state index is 0.0272. The molecule has 0 saturated carbocycles. The van der Waals surface area contributed by atoms with Gasteiger partial charge in [-0.1, -0.05) is 34.6 Å². The van der Waals surface area contributed by atoms with Crippen molar-refractivity contribution in [2.24, 2.45) is 5.41 Å². The number of rotatable bonds is 7. The fourth-order valence-corrected chi connectivity index (χ4v) is 9.30. The molecule has 1 aliphatic heterocycles. The normalized spacial score (nSPS) is 13.8. The predicted octanol–water partition coefficient (Wildman–Crippen LogP) is 13.0. The van der Waals surface area contributed by atoms with E-state index in [0.29, 0.717) is 0 Å².